The number of aliphatic hydroxyl groups is 1. The zero-order valence-electron chi connectivity index (χ0n) is 13.8. The van der Waals surface area contributed by atoms with Crippen molar-refractivity contribution in [2.24, 2.45) is 4.99 Å². The molecule has 124 valence electrons. The number of nitrogens with zero attached hydrogens (tertiary/aromatic N) is 1. The van der Waals surface area contributed by atoms with Gasteiger partial charge in [0.15, 0.2) is 5.96 Å². The Bertz CT molecular complexity index is 478. The Morgan fingerprint density at radius 3 is 2.55 bits per heavy atom. The van der Waals surface area contributed by atoms with Crippen molar-refractivity contribution in [1.29, 1.82) is 0 Å². The summed E-state index contributed by atoms with van der Waals surface area (Å²) >= 11 is 1.83. The first kappa shape index (κ1) is 17.3. The molecule has 0 saturated heterocycles. The lowest BCUT2D eigenvalue weighted by Crippen LogP contribution is -2.48. The number of hydrogen-bond acceptors (Lipinski definition) is 3. The van der Waals surface area contributed by atoms with Gasteiger partial charge in [0.05, 0.1) is 12.1 Å². The summed E-state index contributed by atoms with van der Waals surface area (Å²) in [6, 6.07) is 4.34. The van der Waals surface area contributed by atoms with Crippen molar-refractivity contribution < 1.29 is 5.11 Å². The van der Waals surface area contributed by atoms with E-state index in [1.54, 1.807) is 0 Å². The van der Waals surface area contributed by atoms with E-state index in [0.29, 0.717) is 13.1 Å². The third-order valence-corrected chi connectivity index (χ3v) is 5.39. The number of hydrogen-bond donors (Lipinski definition) is 3. The fraction of sp³-hybridized carbons (Fsp3) is 0.706. The number of rotatable bonds is 6. The Morgan fingerprint density at radius 2 is 1.91 bits per heavy atom. The summed E-state index contributed by atoms with van der Waals surface area (Å²) in [5.41, 5.74) is -0.563. The molecule has 22 heavy (non-hydrogen) atoms. The number of aliphatic imine (C=N–C) groups is 1. The van der Waals surface area contributed by atoms with Crippen molar-refractivity contribution in [2.45, 2.75) is 64.5 Å². The molecule has 0 spiro atoms. The quantitative estimate of drug-likeness (QED) is 0.557. The van der Waals surface area contributed by atoms with Crippen LogP contribution in [0, 0.1) is 0 Å². The monoisotopic (exact) mass is 323 g/mol. The molecule has 0 atom stereocenters. The minimum atomic E-state index is -0.563. The molecule has 0 bridgehead atoms. The molecule has 3 N–H and O–H groups in total. The average Bonchev–Trinajstić information content (AvgIpc) is 2.99. The van der Waals surface area contributed by atoms with Gasteiger partial charge < -0.3 is 15.7 Å². The van der Waals surface area contributed by atoms with Gasteiger partial charge in [-0.15, -0.1) is 11.3 Å². The number of aryl methyl sites for hydroxylation is 1. The average molecular weight is 324 g/mol. The second kappa shape index (κ2) is 8.53. The molecule has 1 aliphatic rings. The highest BCUT2D eigenvalue weighted by Crippen LogP contribution is 2.27. The minimum Gasteiger partial charge on any atom is -0.388 e. The molecule has 4 nitrogen and oxygen atoms in total. The van der Waals surface area contributed by atoms with Gasteiger partial charge in [0, 0.05) is 22.8 Å². The molecule has 1 heterocycles. The van der Waals surface area contributed by atoms with Gasteiger partial charge in [-0.2, -0.15) is 0 Å². The van der Waals surface area contributed by atoms with Crippen LogP contribution in [0.15, 0.2) is 17.1 Å². The van der Waals surface area contributed by atoms with Gasteiger partial charge in [-0.05, 0) is 38.3 Å². The Kier molecular flexibility index (Phi) is 6.70. The summed E-state index contributed by atoms with van der Waals surface area (Å²) in [6.45, 7) is 6.35. The smallest absolute Gasteiger partial charge is 0.191 e. The Labute approximate surface area is 138 Å². The van der Waals surface area contributed by atoms with Crippen molar-refractivity contribution in [2.75, 3.05) is 13.1 Å². The van der Waals surface area contributed by atoms with Crippen LogP contribution in [-0.2, 0) is 13.0 Å². The van der Waals surface area contributed by atoms with Crippen molar-refractivity contribution in [3.8, 4) is 0 Å². The van der Waals surface area contributed by atoms with Gasteiger partial charge in [0.25, 0.3) is 0 Å². The molecule has 0 amide bonds. The van der Waals surface area contributed by atoms with E-state index in [9.17, 15) is 5.11 Å². The van der Waals surface area contributed by atoms with E-state index in [0.717, 1.165) is 44.6 Å². The van der Waals surface area contributed by atoms with E-state index in [2.05, 4.69) is 41.6 Å². The first-order valence-electron chi connectivity index (χ1n) is 8.47. The zero-order valence-corrected chi connectivity index (χ0v) is 14.6. The van der Waals surface area contributed by atoms with Crippen molar-refractivity contribution in [1.82, 2.24) is 10.6 Å². The van der Waals surface area contributed by atoms with Crippen LogP contribution in [0.25, 0.3) is 0 Å². The standard InChI is InChI=1S/C17H29N3OS/c1-3-14-8-9-15(22-14)12-19-16(18-4-2)20-13-17(21)10-6-5-7-11-17/h8-9,21H,3-7,10-13H2,1-2H3,(H2,18,19,20). The Morgan fingerprint density at radius 1 is 1.18 bits per heavy atom. The van der Waals surface area contributed by atoms with Crippen LogP contribution in [0.1, 0.15) is 55.7 Å². The van der Waals surface area contributed by atoms with Crippen LogP contribution in [0.4, 0.5) is 0 Å². The van der Waals surface area contributed by atoms with Crippen LogP contribution in [0.3, 0.4) is 0 Å². The maximum absolute atomic E-state index is 10.6. The fourth-order valence-corrected chi connectivity index (χ4v) is 3.71. The van der Waals surface area contributed by atoms with Gasteiger partial charge in [0.1, 0.15) is 0 Å². The predicted molar refractivity (Wildman–Crippen MR) is 94.6 cm³/mol. The summed E-state index contributed by atoms with van der Waals surface area (Å²) < 4.78 is 0. The second-order valence-corrected chi connectivity index (χ2v) is 7.31. The lowest BCUT2D eigenvalue weighted by molar-refractivity contribution is 0.00859. The zero-order chi connectivity index (χ0) is 15.8. The highest BCUT2D eigenvalue weighted by Gasteiger charge is 2.29. The molecule has 1 saturated carbocycles. The summed E-state index contributed by atoms with van der Waals surface area (Å²) in [6.07, 6.45) is 6.37. The van der Waals surface area contributed by atoms with Crippen molar-refractivity contribution in [3.63, 3.8) is 0 Å². The molecular formula is C17H29N3OS. The third-order valence-electron chi connectivity index (χ3n) is 4.17. The van der Waals surface area contributed by atoms with Crippen molar-refractivity contribution >= 4 is 17.3 Å². The maximum Gasteiger partial charge on any atom is 0.191 e. The van der Waals surface area contributed by atoms with Crippen molar-refractivity contribution in [3.05, 3.63) is 21.9 Å². The van der Waals surface area contributed by atoms with Crippen LogP contribution in [0.2, 0.25) is 0 Å². The Hall–Kier alpha value is -1.07. The predicted octanol–water partition coefficient (Wildman–Crippen LogP) is 3.06. The third kappa shape index (κ3) is 5.29. The molecule has 1 aromatic heterocycles. The normalized spacial score (nSPS) is 18.2. The molecule has 0 radical (unpaired) electrons. The molecular weight excluding hydrogens is 294 g/mol. The molecule has 0 aliphatic heterocycles. The Balaban J connectivity index is 1.89. The van der Waals surface area contributed by atoms with Gasteiger partial charge in [0.2, 0.25) is 0 Å². The molecule has 1 aliphatic carbocycles. The summed E-state index contributed by atoms with van der Waals surface area (Å²) in [5, 5.41) is 17.1. The van der Waals surface area contributed by atoms with Crippen LogP contribution in [-0.4, -0.2) is 29.8 Å². The number of thiophene rings is 1. The fourth-order valence-electron chi connectivity index (χ4n) is 2.83. The van der Waals surface area contributed by atoms with E-state index < -0.39 is 5.60 Å². The lowest BCUT2D eigenvalue weighted by Gasteiger charge is -2.32. The van der Waals surface area contributed by atoms with Gasteiger partial charge >= 0.3 is 0 Å². The molecule has 5 heteroatoms. The highest BCUT2D eigenvalue weighted by molar-refractivity contribution is 7.11. The largest absolute Gasteiger partial charge is 0.388 e. The van der Waals surface area contributed by atoms with E-state index in [-0.39, 0.29) is 0 Å². The molecule has 2 rings (SSSR count). The molecule has 0 unspecified atom stereocenters. The molecule has 1 aromatic rings. The maximum atomic E-state index is 10.6. The first-order valence-corrected chi connectivity index (χ1v) is 9.29. The first-order chi connectivity index (χ1) is 10.6. The minimum absolute atomic E-state index is 0.563. The van der Waals surface area contributed by atoms with Crippen LogP contribution >= 0.6 is 11.3 Å². The topological polar surface area (TPSA) is 56.7 Å². The van der Waals surface area contributed by atoms with E-state index in [1.807, 2.05) is 11.3 Å². The van der Waals surface area contributed by atoms with E-state index in [4.69, 9.17) is 0 Å². The van der Waals surface area contributed by atoms with Gasteiger partial charge in [-0.25, -0.2) is 4.99 Å². The summed E-state index contributed by atoms with van der Waals surface area (Å²) in [4.78, 5) is 7.33. The van der Waals surface area contributed by atoms with Gasteiger partial charge in [-0.1, -0.05) is 26.2 Å². The number of guanidine groups is 1. The van der Waals surface area contributed by atoms with Crippen LogP contribution in [0.5, 0.6) is 0 Å². The van der Waals surface area contributed by atoms with E-state index in [1.165, 1.54) is 16.2 Å². The van der Waals surface area contributed by atoms with Crippen LogP contribution < -0.4 is 10.6 Å². The van der Waals surface area contributed by atoms with E-state index >= 15 is 0 Å². The summed E-state index contributed by atoms with van der Waals surface area (Å²) in [5.74, 6) is 0.799. The SMILES string of the molecule is CCNC(=NCc1ccc(CC)s1)NCC1(O)CCCCC1. The second-order valence-electron chi connectivity index (χ2n) is 6.06. The molecule has 0 aromatic carbocycles. The lowest BCUT2D eigenvalue weighted by atomic mass is 9.85. The summed E-state index contributed by atoms with van der Waals surface area (Å²) in [7, 11) is 0. The number of nitrogens with one attached hydrogen (secondary N) is 2. The van der Waals surface area contributed by atoms with Gasteiger partial charge in [-0.3, -0.25) is 0 Å². The highest BCUT2D eigenvalue weighted by atomic mass is 32.1. The molecule has 1 fully saturated rings.